The van der Waals surface area contributed by atoms with E-state index in [0.717, 1.165) is 38.8 Å². The summed E-state index contributed by atoms with van der Waals surface area (Å²) < 4.78 is 0. The van der Waals surface area contributed by atoms with Gasteiger partial charge in [0.25, 0.3) is 0 Å². The number of amides is 1. The van der Waals surface area contributed by atoms with Gasteiger partial charge in [-0.25, -0.2) is 0 Å². The number of carbonyl (C=O) groups excluding carboxylic acids is 1. The number of piperidine rings is 1. The number of nitrogens with one attached hydrogen (secondary N) is 1. The van der Waals surface area contributed by atoms with Gasteiger partial charge in [-0.2, -0.15) is 0 Å². The van der Waals surface area contributed by atoms with Crippen LogP contribution in [0.2, 0.25) is 0 Å². The summed E-state index contributed by atoms with van der Waals surface area (Å²) in [5, 5.41) is 3.37. The molecule has 1 aromatic carbocycles. The number of anilines is 1. The quantitative estimate of drug-likeness (QED) is 0.792. The third kappa shape index (κ3) is 5.10. The van der Waals surface area contributed by atoms with E-state index in [2.05, 4.69) is 40.5 Å². The van der Waals surface area contributed by atoms with E-state index in [9.17, 15) is 4.79 Å². The Hall–Kier alpha value is -0.970. The number of hydrogen-bond acceptors (Lipinski definition) is 3. The maximum atomic E-state index is 12.9. The van der Waals surface area contributed by atoms with E-state index in [1.807, 2.05) is 0 Å². The molecule has 4 nitrogen and oxygen atoms in total. The molecule has 1 amide bonds. The van der Waals surface area contributed by atoms with Gasteiger partial charge >= 0.3 is 0 Å². The SMILES string of the molecule is Cl.Cl.NC1C2CCCC1CC(C(=O)NC1CCCN(c3ccccc3)C1)C2. The molecular formula is C21H33Cl2N3O. The highest BCUT2D eigenvalue weighted by Gasteiger charge is 2.40. The Balaban J connectivity index is 0.00000131. The maximum Gasteiger partial charge on any atom is 0.223 e. The highest BCUT2D eigenvalue weighted by molar-refractivity contribution is 5.85. The first kappa shape index (κ1) is 22.3. The van der Waals surface area contributed by atoms with Crippen molar-refractivity contribution in [3.8, 4) is 0 Å². The summed E-state index contributed by atoms with van der Waals surface area (Å²) in [7, 11) is 0. The first-order valence-corrected chi connectivity index (χ1v) is 10.1. The number of nitrogens with zero attached hydrogens (tertiary/aromatic N) is 1. The minimum atomic E-state index is 0. The maximum absolute atomic E-state index is 12.9. The van der Waals surface area contributed by atoms with Crippen molar-refractivity contribution in [3.05, 3.63) is 30.3 Å². The average Bonchev–Trinajstić information content (AvgIpc) is 2.62. The predicted octanol–water partition coefficient (Wildman–Crippen LogP) is 3.77. The van der Waals surface area contributed by atoms with Crippen LogP contribution in [0.4, 0.5) is 5.69 Å². The van der Waals surface area contributed by atoms with Gasteiger partial charge in [0.1, 0.15) is 0 Å². The van der Waals surface area contributed by atoms with E-state index in [-0.39, 0.29) is 42.7 Å². The normalized spacial score (nSPS) is 32.6. The summed E-state index contributed by atoms with van der Waals surface area (Å²) in [6, 6.07) is 11.2. The van der Waals surface area contributed by atoms with Gasteiger partial charge in [-0.05, 0) is 62.5 Å². The second kappa shape index (κ2) is 9.99. The first-order chi connectivity index (χ1) is 12.2. The number of rotatable bonds is 3. The summed E-state index contributed by atoms with van der Waals surface area (Å²) >= 11 is 0. The number of benzene rings is 1. The molecule has 3 aliphatic rings. The first-order valence-electron chi connectivity index (χ1n) is 10.1. The van der Waals surface area contributed by atoms with Crippen molar-refractivity contribution in [3.63, 3.8) is 0 Å². The van der Waals surface area contributed by atoms with Crippen LogP contribution in [0.1, 0.15) is 44.9 Å². The molecule has 3 unspecified atom stereocenters. The molecule has 3 atom stereocenters. The standard InChI is InChI=1S/C21H31N3O.2ClH/c22-20-15-6-4-7-16(20)13-17(12-15)21(25)23-18-8-5-11-24(14-18)19-9-2-1-3-10-19;;/h1-3,9-10,15-18,20H,4-8,11-14,22H2,(H,23,25);2*1H. The van der Waals surface area contributed by atoms with E-state index in [1.54, 1.807) is 0 Å². The molecule has 1 aromatic rings. The lowest BCUT2D eigenvalue weighted by Crippen LogP contribution is -2.52. The van der Waals surface area contributed by atoms with Gasteiger partial charge in [0, 0.05) is 36.8 Å². The van der Waals surface area contributed by atoms with Gasteiger partial charge in [0.15, 0.2) is 0 Å². The Morgan fingerprint density at radius 3 is 2.33 bits per heavy atom. The topological polar surface area (TPSA) is 58.4 Å². The minimum Gasteiger partial charge on any atom is -0.369 e. The van der Waals surface area contributed by atoms with Crippen molar-refractivity contribution in [1.82, 2.24) is 5.32 Å². The molecule has 152 valence electrons. The zero-order valence-corrected chi connectivity index (χ0v) is 17.5. The highest BCUT2D eigenvalue weighted by atomic mass is 35.5. The molecule has 4 rings (SSSR count). The second-order valence-electron chi connectivity index (χ2n) is 8.33. The van der Waals surface area contributed by atoms with Gasteiger partial charge in [0.05, 0.1) is 0 Å². The zero-order chi connectivity index (χ0) is 17.2. The monoisotopic (exact) mass is 413 g/mol. The summed E-state index contributed by atoms with van der Waals surface area (Å²) in [6.45, 7) is 2.01. The van der Waals surface area contributed by atoms with Crippen LogP contribution >= 0.6 is 24.8 Å². The van der Waals surface area contributed by atoms with Gasteiger partial charge in [-0.1, -0.05) is 24.6 Å². The largest absolute Gasteiger partial charge is 0.369 e. The van der Waals surface area contributed by atoms with Crippen molar-refractivity contribution >= 4 is 36.4 Å². The van der Waals surface area contributed by atoms with Crippen molar-refractivity contribution in [2.75, 3.05) is 18.0 Å². The Kier molecular flexibility index (Phi) is 8.26. The van der Waals surface area contributed by atoms with Crippen molar-refractivity contribution in [1.29, 1.82) is 0 Å². The van der Waals surface area contributed by atoms with Gasteiger partial charge < -0.3 is 16.0 Å². The molecule has 1 heterocycles. The molecule has 2 aliphatic carbocycles. The zero-order valence-electron chi connectivity index (χ0n) is 15.9. The molecule has 27 heavy (non-hydrogen) atoms. The van der Waals surface area contributed by atoms with Crippen LogP contribution in [0.25, 0.3) is 0 Å². The predicted molar refractivity (Wildman–Crippen MR) is 116 cm³/mol. The Labute approximate surface area is 175 Å². The minimum absolute atomic E-state index is 0. The van der Waals surface area contributed by atoms with Crippen LogP contribution in [0.15, 0.2) is 30.3 Å². The van der Waals surface area contributed by atoms with Crippen molar-refractivity contribution < 1.29 is 4.79 Å². The van der Waals surface area contributed by atoms with Gasteiger partial charge in [0.2, 0.25) is 5.91 Å². The van der Waals surface area contributed by atoms with Crippen LogP contribution in [-0.4, -0.2) is 31.1 Å². The molecular weight excluding hydrogens is 381 g/mol. The highest BCUT2D eigenvalue weighted by Crippen LogP contribution is 2.42. The van der Waals surface area contributed by atoms with Crippen LogP contribution in [0.5, 0.6) is 0 Å². The molecule has 2 saturated carbocycles. The smallest absolute Gasteiger partial charge is 0.223 e. The fraction of sp³-hybridized carbons (Fsp3) is 0.667. The molecule has 0 aromatic heterocycles. The fourth-order valence-electron chi connectivity index (χ4n) is 5.29. The molecule has 1 saturated heterocycles. The number of carbonyl (C=O) groups is 1. The Morgan fingerprint density at radius 1 is 1.00 bits per heavy atom. The number of hydrogen-bond donors (Lipinski definition) is 2. The number of fused-ring (bicyclic) bond motifs is 2. The summed E-state index contributed by atoms with van der Waals surface area (Å²) in [5.41, 5.74) is 7.64. The molecule has 1 aliphatic heterocycles. The van der Waals surface area contributed by atoms with Gasteiger partial charge in [-0.3, -0.25) is 4.79 Å². The molecule has 2 bridgehead atoms. The van der Waals surface area contributed by atoms with Gasteiger partial charge in [-0.15, -0.1) is 24.8 Å². The summed E-state index contributed by atoms with van der Waals surface area (Å²) in [4.78, 5) is 15.3. The van der Waals surface area contributed by atoms with E-state index < -0.39 is 0 Å². The van der Waals surface area contributed by atoms with E-state index in [0.29, 0.717) is 17.9 Å². The van der Waals surface area contributed by atoms with Crippen molar-refractivity contribution in [2.24, 2.45) is 23.5 Å². The van der Waals surface area contributed by atoms with Crippen LogP contribution < -0.4 is 16.0 Å². The van der Waals surface area contributed by atoms with Crippen LogP contribution in [0, 0.1) is 17.8 Å². The number of nitrogens with two attached hydrogens (primary N) is 1. The number of halogens is 2. The summed E-state index contributed by atoms with van der Waals surface area (Å²) in [6.07, 6.45) is 7.96. The fourth-order valence-corrected chi connectivity index (χ4v) is 5.29. The molecule has 3 fully saturated rings. The van der Waals surface area contributed by atoms with Crippen LogP contribution in [0.3, 0.4) is 0 Å². The Morgan fingerprint density at radius 2 is 1.67 bits per heavy atom. The van der Waals surface area contributed by atoms with Crippen LogP contribution in [-0.2, 0) is 4.79 Å². The van der Waals surface area contributed by atoms with Crippen molar-refractivity contribution in [2.45, 2.75) is 57.0 Å². The molecule has 3 N–H and O–H groups in total. The molecule has 0 radical (unpaired) electrons. The lowest BCUT2D eigenvalue weighted by atomic mass is 9.65. The third-order valence-corrected chi connectivity index (χ3v) is 6.67. The molecule has 6 heteroatoms. The average molecular weight is 414 g/mol. The second-order valence-corrected chi connectivity index (χ2v) is 8.33. The van der Waals surface area contributed by atoms with E-state index >= 15 is 0 Å². The van der Waals surface area contributed by atoms with E-state index in [4.69, 9.17) is 5.73 Å². The lowest BCUT2D eigenvalue weighted by Gasteiger charge is -2.44. The number of para-hydroxylation sites is 1. The van der Waals surface area contributed by atoms with E-state index in [1.165, 1.54) is 24.9 Å². The third-order valence-electron chi connectivity index (χ3n) is 6.67. The molecule has 0 spiro atoms. The Bertz CT molecular complexity index is 586. The summed E-state index contributed by atoms with van der Waals surface area (Å²) in [5.74, 6) is 1.59. The lowest BCUT2D eigenvalue weighted by molar-refractivity contribution is -0.128.